The summed E-state index contributed by atoms with van der Waals surface area (Å²) in [6.45, 7) is 9.27. The van der Waals surface area contributed by atoms with E-state index in [9.17, 15) is 0 Å². The predicted octanol–water partition coefficient (Wildman–Crippen LogP) is 2.08. The number of nitrogens with two attached hydrogens (primary N) is 1. The van der Waals surface area contributed by atoms with Gasteiger partial charge in [0.15, 0.2) is 0 Å². The van der Waals surface area contributed by atoms with E-state index in [2.05, 4.69) is 6.58 Å². The van der Waals surface area contributed by atoms with Crippen molar-refractivity contribution in [2.45, 2.75) is 20.8 Å². The summed E-state index contributed by atoms with van der Waals surface area (Å²) in [5.41, 5.74) is 6.38. The Hall–Kier alpha value is -1.05. The lowest BCUT2D eigenvalue weighted by molar-refractivity contribution is 1.38. The SMILES string of the molecule is C=C(N)/C(C=N)=C\C.CC. The Bertz CT molecular complexity index is 134. The highest BCUT2D eigenvalue weighted by Gasteiger charge is 1.87. The van der Waals surface area contributed by atoms with Crippen LogP contribution in [0.3, 0.4) is 0 Å². The molecular formula is C8H16N2. The third-order valence-electron chi connectivity index (χ3n) is 0.837. The molecule has 0 aromatic heterocycles. The molecule has 0 unspecified atom stereocenters. The third-order valence-corrected chi connectivity index (χ3v) is 0.837. The average Bonchev–Trinajstić information content (AvgIpc) is 1.94. The van der Waals surface area contributed by atoms with Gasteiger partial charge in [-0.15, -0.1) is 0 Å². The molecule has 0 fully saturated rings. The minimum Gasteiger partial charge on any atom is -0.399 e. The van der Waals surface area contributed by atoms with Gasteiger partial charge in [0, 0.05) is 17.5 Å². The standard InChI is InChI=1S/C6H10N2.C2H6/c1-3-6(4-7)5(2)8;1-2/h3-4,7H,2,8H2,1H3;1-2H3/b6-3-,7-4?;. The molecule has 0 bridgehead atoms. The summed E-state index contributed by atoms with van der Waals surface area (Å²) in [4.78, 5) is 0. The fourth-order valence-corrected chi connectivity index (χ4v) is 0.361. The predicted molar refractivity (Wildman–Crippen MR) is 47.2 cm³/mol. The molecule has 0 aromatic rings. The van der Waals surface area contributed by atoms with Crippen LogP contribution in [0.2, 0.25) is 0 Å². The van der Waals surface area contributed by atoms with Crippen molar-refractivity contribution in [1.29, 1.82) is 5.41 Å². The van der Waals surface area contributed by atoms with Gasteiger partial charge in [-0.3, -0.25) is 0 Å². The lowest BCUT2D eigenvalue weighted by Crippen LogP contribution is -1.98. The lowest BCUT2D eigenvalue weighted by Gasteiger charge is -1.93. The summed E-state index contributed by atoms with van der Waals surface area (Å²) in [5.74, 6) is 0. The number of allylic oxidation sites excluding steroid dienone is 2. The first-order valence-corrected chi connectivity index (χ1v) is 3.34. The van der Waals surface area contributed by atoms with Crippen LogP contribution < -0.4 is 5.73 Å². The molecule has 0 amide bonds. The molecule has 0 aliphatic rings. The second-order valence-electron chi connectivity index (χ2n) is 1.41. The van der Waals surface area contributed by atoms with Crippen LogP contribution in [0.15, 0.2) is 23.9 Å². The molecule has 0 rings (SSSR count). The quantitative estimate of drug-likeness (QED) is 0.447. The molecule has 0 aromatic carbocycles. The molecule has 10 heavy (non-hydrogen) atoms. The molecule has 2 heteroatoms. The van der Waals surface area contributed by atoms with Crippen molar-refractivity contribution in [3.8, 4) is 0 Å². The Morgan fingerprint density at radius 2 is 1.90 bits per heavy atom. The first-order valence-electron chi connectivity index (χ1n) is 3.34. The average molecular weight is 140 g/mol. The van der Waals surface area contributed by atoms with Gasteiger partial charge in [-0.25, -0.2) is 0 Å². The summed E-state index contributed by atoms with van der Waals surface area (Å²) >= 11 is 0. The largest absolute Gasteiger partial charge is 0.399 e. The van der Waals surface area contributed by atoms with E-state index in [0.29, 0.717) is 11.3 Å². The van der Waals surface area contributed by atoms with Crippen molar-refractivity contribution < 1.29 is 0 Å². The van der Waals surface area contributed by atoms with Crippen molar-refractivity contribution >= 4 is 6.21 Å². The van der Waals surface area contributed by atoms with Gasteiger partial charge in [0.25, 0.3) is 0 Å². The van der Waals surface area contributed by atoms with E-state index in [1.54, 1.807) is 6.08 Å². The zero-order valence-electron chi connectivity index (χ0n) is 6.94. The van der Waals surface area contributed by atoms with Crippen LogP contribution >= 0.6 is 0 Å². The van der Waals surface area contributed by atoms with Gasteiger partial charge in [0.05, 0.1) is 0 Å². The monoisotopic (exact) mass is 140 g/mol. The van der Waals surface area contributed by atoms with E-state index in [4.69, 9.17) is 11.1 Å². The van der Waals surface area contributed by atoms with Crippen molar-refractivity contribution in [2.75, 3.05) is 0 Å². The summed E-state index contributed by atoms with van der Waals surface area (Å²) < 4.78 is 0. The maximum absolute atomic E-state index is 6.76. The summed E-state index contributed by atoms with van der Waals surface area (Å²) in [5, 5.41) is 6.76. The zero-order valence-corrected chi connectivity index (χ0v) is 6.94. The number of hydrogen-bond acceptors (Lipinski definition) is 2. The van der Waals surface area contributed by atoms with Crippen molar-refractivity contribution in [2.24, 2.45) is 5.73 Å². The molecule has 0 heterocycles. The van der Waals surface area contributed by atoms with Gasteiger partial charge in [0.2, 0.25) is 0 Å². The van der Waals surface area contributed by atoms with Crippen LogP contribution in [0.5, 0.6) is 0 Å². The van der Waals surface area contributed by atoms with Gasteiger partial charge >= 0.3 is 0 Å². The molecule has 0 saturated carbocycles. The van der Waals surface area contributed by atoms with E-state index in [1.165, 1.54) is 6.21 Å². The highest BCUT2D eigenvalue weighted by molar-refractivity contribution is 5.81. The maximum atomic E-state index is 6.76. The molecule has 0 aliphatic heterocycles. The zero-order chi connectivity index (χ0) is 8.57. The molecule has 0 saturated heterocycles. The Morgan fingerprint density at radius 3 is 1.90 bits per heavy atom. The smallest absolute Gasteiger partial charge is 0.0326 e. The highest BCUT2D eigenvalue weighted by Crippen LogP contribution is 1.94. The van der Waals surface area contributed by atoms with E-state index in [0.717, 1.165) is 0 Å². The topological polar surface area (TPSA) is 49.9 Å². The molecule has 3 N–H and O–H groups in total. The molecule has 0 radical (unpaired) electrons. The lowest BCUT2D eigenvalue weighted by atomic mass is 10.2. The van der Waals surface area contributed by atoms with Gasteiger partial charge < -0.3 is 11.1 Å². The fraction of sp³-hybridized carbons (Fsp3) is 0.375. The van der Waals surface area contributed by atoms with Crippen LogP contribution in [0, 0.1) is 5.41 Å². The van der Waals surface area contributed by atoms with Crippen LogP contribution in [-0.4, -0.2) is 6.21 Å². The highest BCUT2D eigenvalue weighted by atomic mass is 14.6. The second kappa shape index (κ2) is 7.95. The Morgan fingerprint density at radius 1 is 1.50 bits per heavy atom. The molecular weight excluding hydrogens is 124 g/mol. The maximum Gasteiger partial charge on any atom is 0.0326 e. The summed E-state index contributed by atoms with van der Waals surface area (Å²) in [7, 11) is 0. The third kappa shape index (κ3) is 5.09. The van der Waals surface area contributed by atoms with Crippen molar-refractivity contribution in [3.05, 3.63) is 23.9 Å². The molecule has 0 aliphatic carbocycles. The van der Waals surface area contributed by atoms with E-state index >= 15 is 0 Å². The van der Waals surface area contributed by atoms with E-state index in [1.807, 2.05) is 20.8 Å². The Kier molecular flexibility index (Phi) is 9.31. The molecule has 0 spiro atoms. The van der Waals surface area contributed by atoms with Crippen LogP contribution in [0.1, 0.15) is 20.8 Å². The summed E-state index contributed by atoms with van der Waals surface area (Å²) in [6, 6.07) is 0. The van der Waals surface area contributed by atoms with Gasteiger partial charge in [0.1, 0.15) is 0 Å². The second-order valence-corrected chi connectivity index (χ2v) is 1.41. The molecule has 58 valence electrons. The summed E-state index contributed by atoms with van der Waals surface area (Å²) in [6.07, 6.45) is 2.93. The van der Waals surface area contributed by atoms with Gasteiger partial charge in [-0.2, -0.15) is 0 Å². The normalized spacial score (nSPS) is 9.30. The number of rotatable bonds is 2. The Balaban J connectivity index is 0. The molecule has 2 nitrogen and oxygen atoms in total. The number of nitrogens with one attached hydrogen (secondary N) is 1. The molecule has 0 atom stereocenters. The minimum absolute atomic E-state index is 0.447. The minimum atomic E-state index is 0.447. The van der Waals surface area contributed by atoms with Crippen molar-refractivity contribution in [3.63, 3.8) is 0 Å². The fourth-order valence-electron chi connectivity index (χ4n) is 0.361. The Labute approximate surface area is 62.9 Å². The first kappa shape index (κ1) is 11.7. The first-order chi connectivity index (χ1) is 4.72. The van der Waals surface area contributed by atoms with Gasteiger partial charge in [-0.1, -0.05) is 26.5 Å². The van der Waals surface area contributed by atoms with Crippen LogP contribution in [-0.2, 0) is 0 Å². The van der Waals surface area contributed by atoms with Gasteiger partial charge in [-0.05, 0) is 6.92 Å². The van der Waals surface area contributed by atoms with E-state index < -0.39 is 0 Å². The van der Waals surface area contributed by atoms with Crippen LogP contribution in [0.25, 0.3) is 0 Å². The van der Waals surface area contributed by atoms with Crippen LogP contribution in [0.4, 0.5) is 0 Å². The van der Waals surface area contributed by atoms with E-state index in [-0.39, 0.29) is 0 Å². The van der Waals surface area contributed by atoms with Crippen molar-refractivity contribution in [1.82, 2.24) is 0 Å². The number of hydrogen-bond donors (Lipinski definition) is 2.